The van der Waals surface area contributed by atoms with Crippen LogP contribution < -0.4 is 15.4 Å². The van der Waals surface area contributed by atoms with E-state index in [-0.39, 0.29) is 11.4 Å². The molecule has 1 atom stereocenters. The highest BCUT2D eigenvalue weighted by Gasteiger charge is 2.15. The van der Waals surface area contributed by atoms with Crippen LogP contribution in [0.1, 0.15) is 18.1 Å². The van der Waals surface area contributed by atoms with Gasteiger partial charge in [-0.15, -0.1) is 0 Å². The van der Waals surface area contributed by atoms with Crippen molar-refractivity contribution < 1.29 is 12.8 Å². The highest BCUT2D eigenvalue weighted by atomic mass is 32.2. The summed E-state index contributed by atoms with van der Waals surface area (Å²) in [5.41, 5.74) is 1.38. The summed E-state index contributed by atoms with van der Waals surface area (Å²) < 4.78 is 40.7. The number of sulfonamides is 1. The number of nitrogens with one attached hydrogen (secondary N) is 3. The van der Waals surface area contributed by atoms with E-state index in [0.29, 0.717) is 18.2 Å². The maximum absolute atomic E-state index is 13.2. The number of nitrogens with zero attached hydrogens (tertiary/aromatic N) is 1. The van der Waals surface area contributed by atoms with Gasteiger partial charge in [0.15, 0.2) is 5.96 Å². The van der Waals surface area contributed by atoms with Crippen molar-refractivity contribution in [3.63, 3.8) is 0 Å². The van der Waals surface area contributed by atoms with E-state index >= 15 is 0 Å². The number of rotatable bonds is 6. The van der Waals surface area contributed by atoms with Gasteiger partial charge in [-0.05, 0) is 42.3 Å². The van der Waals surface area contributed by atoms with Gasteiger partial charge >= 0.3 is 0 Å². The van der Waals surface area contributed by atoms with Gasteiger partial charge in [0, 0.05) is 19.1 Å². The third-order valence-corrected chi connectivity index (χ3v) is 5.33. The molecule has 0 saturated heterocycles. The number of hydrogen-bond donors (Lipinski definition) is 3. The molecule has 1 unspecified atom stereocenters. The van der Waals surface area contributed by atoms with E-state index in [0.717, 1.165) is 18.1 Å². The van der Waals surface area contributed by atoms with Gasteiger partial charge in [0.1, 0.15) is 5.82 Å². The number of hydrogen-bond acceptors (Lipinski definition) is 5. The molecule has 0 bridgehead atoms. The minimum Gasteiger partial charge on any atom is -0.352 e. The van der Waals surface area contributed by atoms with Gasteiger partial charge in [-0.25, -0.2) is 17.5 Å². The van der Waals surface area contributed by atoms with E-state index < -0.39 is 15.8 Å². The first-order valence-electron chi connectivity index (χ1n) is 8.30. The second kappa shape index (κ2) is 7.84. The summed E-state index contributed by atoms with van der Waals surface area (Å²) in [6.07, 6.45) is 0. The van der Waals surface area contributed by atoms with Crippen molar-refractivity contribution in [3.8, 4) is 0 Å². The summed E-state index contributed by atoms with van der Waals surface area (Å²) in [4.78, 5) is 4.48. The van der Waals surface area contributed by atoms with Gasteiger partial charge in [-0.2, -0.15) is 0 Å². The Hall–Kier alpha value is -2.45. The van der Waals surface area contributed by atoms with Gasteiger partial charge in [-0.3, -0.25) is 4.99 Å². The van der Waals surface area contributed by atoms with Crippen molar-refractivity contribution in [2.24, 2.45) is 4.99 Å². The molecule has 0 aliphatic carbocycles. The molecule has 0 spiro atoms. The normalized spacial score (nSPS) is 16.8. The fourth-order valence-corrected chi connectivity index (χ4v) is 3.66. The van der Waals surface area contributed by atoms with Crippen LogP contribution in [0.15, 0.2) is 58.4 Å². The Balaban J connectivity index is 1.64. The van der Waals surface area contributed by atoms with Gasteiger partial charge in [0.25, 0.3) is 0 Å². The standard InChI is InChI=1S/C18H21FN4O2S/c1-13-10-20-18(23-13)21-11-15-5-3-7-17(9-15)26(24,25)22-12-14-4-2-6-16(19)8-14/h2-9,13,22H,10-12H2,1H3,(H2,20,21,23). The zero-order valence-corrected chi connectivity index (χ0v) is 15.2. The minimum absolute atomic E-state index is 0.0290. The molecule has 1 aliphatic heterocycles. The average molecular weight is 376 g/mol. The molecule has 6 nitrogen and oxygen atoms in total. The average Bonchev–Trinajstić information content (AvgIpc) is 3.04. The highest BCUT2D eigenvalue weighted by Crippen LogP contribution is 2.13. The first-order chi connectivity index (χ1) is 12.4. The van der Waals surface area contributed by atoms with Crippen LogP contribution in [0, 0.1) is 5.82 Å². The molecule has 3 rings (SSSR count). The zero-order valence-electron chi connectivity index (χ0n) is 14.4. The Kier molecular flexibility index (Phi) is 5.53. The van der Waals surface area contributed by atoms with E-state index in [1.54, 1.807) is 24.3 Å². The lowest BCUT2D eigenvalue weighted by molar-refractivity contribution is 0.580. The molecule has 8 heteroatoms. The predicted octanol–water partition coefficient (Wildman–Crippen LogP) is 1.74. The second-order valence-electron chi connectivity index (χ2n) is 6.19. The molecule has 0 radical (unpaired) electrons. The van der Waals surface area contributed by atoms with Crippen LogP contribution >= 0.6 is 0 Å². The van der Waals surface area contributed by atoms with Crippen LogP contribution in [0.4, 0.5) is 4.39 Å². The quantitative estimate of drug-likeness (QED) is 0.717. The molecule has 1 heterocycles. The Morgan fingerprint density at radius 1 is 1.15 bits per heavy atom. The molecule has 2 aromatic carbocycles. The van der Waals surface area contributed by atoms with Crippen LogP contribution in [0.25, 0.3) is 0 Å². The number of halogens is 1. The minimum atomic E-state index is -3.69. The first-order valence-corrected chi connectivity index (χ1v) is 9.78. The number of aliphatic imine (C=N–C) groups is 1. The van der Waals surface area contributed by atoms with Crippen molar-refractivity contribution in [2.45, 2.75) is 31.0 Å². The molecule has 138 valence electrons. The molecule has 0 aromatic heterocycles. The van der Waals surface area contributed by atoms with Gasteiger partial charge < -0.3 is 10.6 Å². The molecule has 3 N–H and O–H groups in total. The smallest absolute Gasteiger partial charge is 0.240 e. The molecule has 0 saturated carbocycles. The van der Waals surface area contributed by atoms with Crippen molar-refractivity contribution in [2.75, 3.05) is 6.54 Å². The SMILES string of the molecule is CC1CN=C(NCc2cccc(S(=O)(=O)NCc3cccc(F)c3)c2)N1. The van der Waals surface area contributed by atoms with Crippen LogP contribution in [0.2, 0.25) is 0 Å². The lowest BCUT2D eigenvalue weighted by Crippen LogP contribution is -2.37. The van der Waals surface area contributed by atoms with E-state index in [1.165, 1.54) is 18.2 Å². The van der Waals surface area contributed by atoms with Crippen LogP contribution in [0.5, 0.6) is 0 Å². The lowest BCUT2D eigenvalue weighted by Gasteiger charge is -2.11. The van der Waals surface area contributed by atoms with Gasteiger partial charge in [0.2, 0.25) is 10.0 Å². The molecular weight excluding hydrogens is 355 g/mol. The fourth-order valence-electron chi connectivity index (χ4n) is 2.58. The monoisotopic (exact) mass is 376 g/mol. The maximum atomic E-state index is 13.2. The Bertz CT molecular complexity index is 915. The molecule has 1 aliphatic rings. The summed E-state index contributed by atoms with van der Waals surface area (Å²) in [7, 11) is -3.69. The van der Waals surface area contributed by atoms with E-state index in [9.17, 15) is 12.8 Å². The first kappa shape index (κ1) is 18.3. The largest absolute Gasteiger partial charge is 0.352 e. The molecule has 2 aromatic rings. The summed E-state index contributed by atoms with van der Waals surface area (Å²) in [6.45, 7) is 3.25. The molecule has 0 amide bonds. The van der Waals surface area contributed by atoms with Crippen molar-refractivity contribution in [1.82, 2.24) is 15.4 Å². The zero-order chi connectivity index (χ0) is 18.6. The summed E-state index contributed by atoms with van der Waals surface area (Å²) in [6, 6.07) is 12.8. The highest BCUT2D eigenvalue weighted by molar-refractivity contribution is 7.89. The van der Waals surface area contributed by atoms with Gasteiger partial charge in [0.05, 0.1) is 11.4 Å². The Morgan fingerprint density at radius 2 is 1.88 bits per heavy atom. The van der Waals surface area contributed by atoms with E-state index in [1.807, 2.05) is 13.0 Å². The maximum Gasteiger partial charge on any atom is 0.240 e. The Labute approximate surface area is 152 Å². The van der Waals surface area contributed by atoms with E-state index in [4.69, 9.17) is 0 Å². The fraction of sp³-hybridized carbons (Fsp3) is 0.278. The summed E-state index contributed by atoms with van der Waals surface area (Å²) in [5.74, 6) is 0.322. The third kappa shape index (κ3) is 4.80. The summed E-state index contributed by atoms with van der Waals surface area (Å²) in [5, 5.41) is 6.34. The van der Waals surface area contributed by atoms with Crippen molar-refractivity contribution >= 4 is 16.0 Å². The lowest BCUT2D eigenvalue weighted by atomic mass is 10.2. The van der Waals surface area contributed by atoms with Crippen LogP contribution in [-0.4, -0.2) is 27.0 Å². The number of guanidine groups is 1. The summed E-state index contributed by atoms with van der Waals surface area (Å²) >= 11 is 0. The molecule has 0 fully saturated rings. The van der Waals surface area contributed by atoms with E-state index in [2.05, 4.69) is 20.3 Å². The third-order valence-electron chi connectivity index (χ3n) is 3.93. The molecular formula is C18H21FN4O2S. The van der Waals surface area contributed by atoms with Crippen molar-refractivity contribution in [3.05, 3.63) is 65.5 Å². The predicted molar refractivity (Wildman–Crippen MR) is 98.6 cm³/mol. The molecule has 26 heavy (non-hydrogen) atoms. The van der Waals surface area contributed by atoms with Crippen molar-refractivity contribution in [1.29, 1.82) is 0 Å². The Morgan fingerprint density at radius 3 is 2.58 bits per heavy atom. The van der Waals surface area contributed by atoms with Crippen LogP contribution in [-0.2, 0) is 23.1 Å². The number of benzene rings is 2. The second-order valence-corrected chi connectivity index (χ2v) is 7.96. The topological polar surface area (TPSA) is 82.6 Å². The van der Waals surface area contributed by atoms with Crippen LogP contribution in [0.3, 0.4) is 0 Å². The van der Waals surface area contributed by atoms with Gasteiger partial charge in [-0.1, -0.05) is 24.3 Å².